The number of halogens is 3. The fourth-order valence-electron chi connectivity index (χ4n) is 1.97. The monoisotopic (exact) mass is 306 g/mol. The van der Waals surface area contributed by atoms with Crippen LogP contribution in [0.4, 0.5) is 4.39 Å². The second-order valence-corrected chi connectivity index (χ2v) is 5.30. The van der Waals surface area contributed by atoms with Crippen molar-refractivity contribution in [2.75, 3.05) is 0 Å². The minimum Gasteiger partial charge on any atom is -0.481 e. The fraction of sp³-hybridized carbons (Fsp3) is 0.364. The van der Waals surface area contributed by atoms with Gasteiger partial charge in [0.25, 0.3) is 0 Å². The molecule has 1 fully saturated rings. The number of carbonyl (C=O) groups is 1. The molecule has 0 saturated heterocycles. The summed E-state index contributed by atoms with van der Waals surface area (Å²) >= 11 is 9.25. The third-order valence-corrected chi connectivity index (χ3v) is 4.20. The highest BCUT2D eigenvalue weighted by Gasteiger charge is 2.49. The van der Waals surface area contributed by atoms with Crippen LogP contribution in [0.1, 0.15) is 24.8 Å². The lowest BCUT2D eigenvalue weighted by atomic mass is 9.92. The van der Waals surface area contributed by atoms with Gasteiger partial charge in [-0.15, -0.1) is 0 Å². The van der Waals surface area contributed by atoms with Crippen molar-refractivity contribution in [2.45, 2.75) is 24.7 Å². The molecule has 0 aliphatic heterocycles. The maximum Gasteiger partial charge on any atom is 0.304 e. The zero-order valence-corrected chi connectivity index (χ0v) is 10.6. The van der Waals surface area contributed by atoms with Gasteiger partial charge in [-0.25, -0.2) is 4.39 Å². The van der Waals surface area contributed by atoms with Crippen molar-refractivity contribution in [1.29, 1.82) is 0 Å². The standard InChI is InChI=1S/C11H9BrClFO2/c12-6-1-2-7(14)9(10(6)13)11(3-4-11)5-8(15)16/h1-2H,3-5H2,(H,15,16). The van der Waals surface area contributed by atoms with Crippen LogP contribution in [-0.2, 0) is 10.2 Å². The molecule has 1 aliphatic rings. The van der Waals surface area contributed by atoms with Gasteiger partial charge in [0.2, 0.25) is 0 Å². The number of benzene rings is 1. The average molecular weight is 308 g/mol. The van der Waals surface area contributed by atoms with Gasteiger partial charge in [0.05, 0.1) is 11.4 Å². The molecule has 1 N–H and O–H groups in total. The fourth-order valence-corrected chi connectivity index (χ4v) is 2.65. The minimum atomic E-state index is -0.923. The van der Waals surface area contributed by atoms with E-state index in [1.807, 2.05) is 0 Å². The molecule has 0 heterocycles. The van der Waals surface area contributed by atoms with Crippen LogP contribution in [0.25, 0.3) is 0 Å². The smallest absolute Gasteiger partial charge is 0.304 e. The summed E-state index contributed by atoms with van der Waals surface area (Å²) in [6, 6.07) is 2.84. The first kappa shape index (κ1) is 11.9. The highest BCUT2D eigenvalue weighted by Crippen LogP contribution is 2.54. The van der Waals surface area contributed by atoms with E-state index >= 15 is 0 Å². The number of rotatable bonds is 3. The summed E-state index contributed by atoms with van der Waals surface area (Å²) in [5.41, 5.74) is -0.262. The molecular formula is C11H9BrClFO2. The van der Waals surface area contributed by atoms with Crippen LogP contribution in [-0.4, -0.2) is 11.1 Å². The van der Waals surface area contributed by atoms with Crippen molar-refractivity contribution in [3.8, 4) is 0 Å². The number of aliphatic carboxylic acids is 1. The topological polar surface area (TPSA) is 37.3 Å². The van der Waals surface area contributed by atoms with E-state index in [-0.39, 0.29) is 6.42 Å². The summed E-state index contributed by atoms with van der Waals surface area (Å²) in [7, 11) is 0. The second kappa shape index (κ2) is 4.00. The lowest BCUT2D eigenvalue weighted by Gasteiger charge is -2.16. The first-order chi connectivity index (χ1) is 7.46. The van der Waals surface area contributed by atoms with Crippen LogP contribution in [0.15, 0.2) is 16.6 Å². The molecule has 0 radical (unpaired) electrons. The summed E-state index contributed by atoms with van der Waals surface area (Å²) < 4.78 is 14.3. The molecule has 5 heteroatoms. The lowest BCUT2D eigenvalue weighted by Crippen LogP contribution is -2.15. The summed E-state index contributed by atoms with van der Waals surface area (Å²) in [5, 5.41) is 9.11. The number of carboxylic acids is 1. The third kappa shape index (κ3) is 1.96. The Kier molecular flexibility index (Phi) is 2.97. The van der Waals surface area contributed by atoms with E-state index in [9.17, 15) is 9.18 Å². The Morgan fingerprint density at radius 1 is 1.56 bits per heavy atom. The SMILES string of the molecule is O=C(O)CC1(c2c(F)ccc(Br)c2Cl)CC1. The normalized spacial score (nSPS) is 17.2. The van der Waals surface area contributed by atoms with Crippen molar-refractivity contribution in [3.05, 3.63) is 33.0 Å². The van der Waals surface area contributed by atoms with Crippen LogP contribution in [0, 0.1) is 5.82 Å². The summed E-state index contributed by atoms with van der Waals surface area (Å²) in [4.78, 5) is 10.8. The van der Waals surface area contributed by atoms with E-state index in [0.29, 0.717) is 27.9 Å². The van der Waals surface area contributed by atoms with Gasteiger partial charge in [-0.05, 0) is 40.9 Å². The van der Waals surface area contributed by atoms with Crippen molar-refractivity contribution >= 4 is 33.5 Å². The predicted molar refractivity (Wildman–Crippen MR) is 62.3 cm³/mol. The maximum absolute atomic E-state index is 13.7. The molecule has 0 aromatic heterocycles. The average Bonchev–Trinajstić information content (AvgIpc) is 2.92. The van der Waals surface area contributed by atoms with E-state index in [1.165, 1.54) is 12.1 Å². The number of carboxylic acid groups (broad SMARTS) is 1. The van der Waals surface area contributed by atoms with E-state index in [1.54, 1.807) is 0 Å². The predicted octanol–water partition coefficient (Wildman–Crippen LogP) is 3.75. The van der Waals surface area contributed by atoms with E-state index in [2.05, 4.69) is 15.9 Å². The van der Waals surface area contributed by atoms with Crippen LogP contribution in [0.5, 0.6) is 0 Å². The Bertz CT molecular complexity index is 458. The Morgan fingerprint density at radius 2 is 2.19 bits per heavy atom. The van der Waals surface area contributed by atoms with Crippen LogP contribution < -0.4 is 0 Å². The molecule has 0 atom stereocenters. The zero-order chi connectivity index (χ0) is 11.9. The number of hydrogen-bond acceptors (Lipinski definition) is 1. The minimum absolute atomic E-state index is 0.0694. The Labute approximate surface area is 106 Å². The molecule has 86 valence electrons. The summed E-state index contributed by atoms with van der Waals surface area (Å²) in [5.74, 6) is -1.35. The molecule has 1 aromatic carbocycles. The Morgan fingerprint density at radius 3 is 2.69 bits per heavy atom. The molecule has 2 nitrogen and oxygen atoms in total. The molecule has 0 amide bonds. The highest BCUT2D eigenvalue weighted by molar-refractivity contribution is 9.10. The van der Waals surface area contributed by atoms with Crippen molar-refractivity contribution in [1.82, 2.24) is 0 Å². The first-order valence-corrected chi connectivity index (χ1v) is 5.99. The Hall–Kier alpha value is -0.610. The summed E-state index contributed by atoms with van der Waals surface area (Å²) in [6.45, 7) is 0. The second-order valence-electron chi connectivity index (χ2n) is 4.07. The van der Waals surface area contributed by atoms with Gasteiger partial charge in [-0.2, -0.15) is 0 Å². The Balaban J connectivity index is 2.48. The quantitative estimate of drug-likeness (QED) is 0.864. The largest absolute Gasteiger partial charge is 0.481 e. The molecular weight excluding hydrogens is 298 g/mol. The number of hydrogen-bond donors (Lipinski definition) is 1. The molecule has 1 aliphatic carbocycles. The van der Waals surface area contributed by atoms with Crippen molar-refractivity contribution in [3.63, 3.8) is 0 Å². The van der Waals surface area contributed by atoms with Crippen molar-refractivity contribution in [2.24, 2.45) is 0 Å². The highest BCUT2D eigenvalue weighted by atomic mass is 79.9. The third-order valence-electron chi connectivity index (χ3n) is 2.92. The van der Waals surface area contributed by atoms with Gasteiger partial charge in [0.15, 0.2) is 0 Å². The van der Waals surface area contributed by atoms with Gasteiger partial charge < -0.3 is 5.11 Å². The molecule has 1 aromatic rings. The van der Waals surface area contributed by atoms with Gasteiger partial charge in [0.1, 0.15) is 5.82 Å². The first-order valence-electron chi connectivity index (χ1n) is 4.82. The van der Waals surface area contributed by atoms with Gasteiger partial charge in [-0.3, -0.25) is 4.79 Å². The van der Waals surface area contributed by atoms with E-state index in [4.69, 9.17) is 16.7 Å². The molecule has 1 saturated carbocycles. The van der Waals surface area contributed by atoms with Gasteiger partial charge >= 0.3 is 5.97 Å². The van der Waals surface area contributed by atoms with Gasteiger partial charge in [-0.1, -0.05) is 11.6 Å². The van der Waals surface area contributed by atoms with Crippen LogP contribution in [0.3, 0.4) is 0 Å². The summed E-state index contributed by atoms with van der Waals surface area (Å²) in [6.07, 6.45) is 1.28. The van der Waals surface area contributed by atoms with Gasteiger partial charge in [0, 0.05) is 15.5 Å². The zero-order valence-electron chi connectivity index (χ0n) is 8.27. The molecule has 16 heavy (non-hydrogen) atoms. The lowest BCUT2D eigenvalue weighted by molar-refractivity contribution is -0.137. The van der Waals surface area contributed by atoms with Crippen LogP contribution >= 0.6 is 27.5 Å². The van der Waals surface area contributed by atoms with Crippen LogP contribution in [0.2, 0.25) is 5.02 Å². The van der Waals surface area contributed by atoms with E-state index < -0.39 is 17.2 Å². The molecule has 0 bridgehead atoms. The maximum atomic E-state index is 13.7. The van der Waals surface area contributed by atoms with E-state index in [0.717, 1.165) is 0 Å². The molecule has 0 unspecified atom stereocenters. The molecule has 2 rings (SSSR count). The van der Waals surface area contributed by atoms with Crippen molar-refractivity contribution < 1.29 is 14.3 Å². The molecule has 0 spiro atoms.